The van der Waals surface area contributed by atoms with E-state index in [2.05, 4.69) is 28.1 Å². The Kier molecular flexibility index (Phi) is 5.25. The van der Waals surface area contributed by atoms with Crippen LogP contribution in [0.2, 0.25) is 0 Å². The summed E-state index contributed by atoms with van der Waals surface area (Å²) in [6, 6.07) is 13.6. The molecular formula is C24H24FN3OS. The Morgan fingerprint density at radius 2 is 1.90 bits per heavy atom. The van der Waals surface area contributed by atoms with Crippen molar-refractivity contribution < 1.29 is 9.13 Å². The molecule has 0 spiro atoms. The molecule has 0 N–H and O–H groups in total. The van der Waals surface area contributed by atoms with Gasteiger partial charge in [-0.1, -0.05) is 19.3 Å². The van der Waals surface area contributed by atoms with E-state index in [1.807, 2.05) is 11.6 Å². The highest BCUT2D eigenvalue weighted by Gasteiger charge is 2.23. The van der Waals surface area contributed by atoms with Gasteiger partial charge in [0.05, 0.1) is 40.6 Å². The van der Waals surface area contributed by atoms with E-state index >= 15 is 0 Å². The van der Waals surface area contributed by atoms with Gasteiger partial charge in [0.2, 0.25) is 0 Å². The Bertz CT molecular complexity index is 1190. The first kappa shape index (κ1) is 19.2. The highest BCUT2D eigenvalue weighted by molar-refractivity contribution is 7.16. The highest BCUT2D eigenvalue weighted by atomic mass is 32.1. The topological polar surface area (TPSA) is 38.2 Å². The van der Waals surface area contributed by atoms with Gasteiger partial charge in [0.25, 0.3) is 0 Å². The van der Waals surface area contributed by atoms with E-state index in [0.717, 1.165) is 16.7 Å². The smallest absolute Gasteiger partial charge is 0.130 e. The van der Waals surface area contributed by atoms with E-state index in [0.29, 0.717) is 23.7 Å². The zero-order valence-electron chi connectivity index (χ0n) is 17.0. The van der Waals surface area contributed by atoms with Crippen LogP contribution in [0.15, 0.2) is 48.0 Å². The summed E-state index contributed by atoms with van der Waals surface area (Å²) in [6.07, 6.45) is 6.22. The van der Waals surface area contributed by atoms with Gasteiger partial charge in [-0.25, -0.2) is 9.37 Å². The Morgan fingerprint density at radius 1 is 1.07 bits per heavy atom. The van der Waals surface area contributed by atoms with E-state index in [9.17, 15) is 4.39 Å². The zero-order chi connectivity index (χ0) is 20.5. The van der Waals surface area contributed by atoms with Crippen LogP contribution in [0, 0.1) is 5.82 Å². The second kappa shape index (κ2) is 8.19. The summed E-state index contributed by atoms with van der Waals surface area (Å²) in [4.78, 5) is 11.7. The summed E-state index contributed by atoms with van der Waals surface area (Å²) in [5.41, 5.74) is 5.83. The molecule has 2 aromatic heterocycles. The van der Waals surface area contributed by atoms with Crippen LogP contribution in [-0.2, 0) is 6.54 Å². The van der Waals surface area contributed by atoms with Crippen LogP contribution in [0.25, 0.3) is 21.1 Å². The molecule has 0 radical (unpaired) electrons. The summed E-state index contributed by atoms with van der Waals surface area (Å²) in [5.74, 6) is 0.382. The van der Waals surface area contributed by atoms with E-state index in [-0.39, 0.29) is 5.82 Å². The maximum atomic E-state index is 13.7. The lowest BCUT2D eigenvalue weighted by molar-refractivity contribution is 0.409. The Balaban J connectivity index is 1.55. The summed E-state index contributed by atoms with van der Waals surface area (Å²) in [7, 11) is 1.63. The summed E-state index contributed by atoms with van der Waals surface area (Å²) in [5, 5.41) is 0.705. The molecule has 2 aromatic carbocycles. The SMILES string of the molecule is COc1cc(CN(c2ccc3ncsc3c2)C2CCCCC2)nc2ccc(F)cc12. The molecule has 4 nitrogen and oxygen atoms in total. The minimum absolute atomic E-state index is 0.281. The lowest BCUT2D eigenvalue weighted by Gasteiger charge is -2.36. The van der Waals surface area contributed by atoms with Gasteiger partial charge >= 0.3 is 0 Å². The molecule has 0 saturated heterocycles. The van der Waals surface area contributed by atoms with Gasteiger partial charge in [-0.15, -0.1) is 11.3 Å². The van der Waals surface area contributed by atoms with Gasteiger partial charge in [0.15, 0.2) is 0 Å². The van der Waals surface area contributed by atoms with Crippen molar-refractivity contribution in [1.82, 2.24) is 9.97 Å². The first-order valence-electron chi connectivity index (χ1n) is 10.4. The van der Waals surface area contributed by atoms with Crippen molar-refractivity contribution in [2.75, 3.05) is 12.0 Å². The molecule has 154 valence electrons. The number of benzene rings is 2. The number of thiazole rings is 1. The van der Waals surface area contributed by atoms with Gasteiger partial charge in [-0.3, -0.25) is 4.98 Å². The third-order valence-electron chi connectivity index (χ3n) is 6.00. The lowest BCUT2D eigenvalue weighted by atomic mass is 9.93. The number of hydrogen-bond donors (Lipinski definition) is 0. The van der Waals surface area contributed by atoms with Crippen molar-refractivity contribution in [3.63, 3.8) is 0 Å². The molecular weight excluding hydrogens is 397 g/mol. The number of hydrogen-bond acceptors (Lipinski definition) is 5. The van der Waals surface area contributed by atoms with Crippen LogP contribution in [0.1, 0.15) is 37.8 Å². The second-order valence-electron chi connectivity index (χ2n) is 7.90. The molecule has 2 heterocycles. The number of methoxy groups -OCH3 is 1. The van der Waals surface area contributed by atoms with Crippen LogP contribution in [0.5, 0.6) is 5.75 Å². The van der Waals surface area contributed by atoms with E-state index < -0.39 is 0 Å². The van der Waals surface area contributed by atoms with Gasteiger partial charge in [-0.2, -0.15) is 0 Å². The fraction of sp³-hybridized carbons (Fsp3) is 0.333. The standard InChI is InChI=1S/C24H24FN3OS/c1-29-23-12-17(27-21-9-7-16(25)11-20(21)23)14-28(18-5-3-2-4-6-18)19-8-10-22-24(13-19)30-15-26-22/h7-13,15,18H,2-6,14H2,1H3. The predicted molar refractivity (Wildman–Crippen MR) is 121 cm³/mol. The summed E-state index contributed by atoms with van der Waals surface area (Å²) < 4.78 is 20.5. The molecule has 1 saturated carbocycles. The van der Waals surface area contributed by atoms with Crippen LogP contribution in [0.3, 0.4) is 0 Å². The molecule has 1 fully saturated rings. The van der Waals surface area contributed by atoms with Gasteiger partial charge in [-0.05, 0) is 49.2 Å². The third kappa shape index (κ3) is 3.72. The Labute approximate surface area is 179 Å². The molecule has 1 aliphatic carbocycles. The van der Waals surface area contributed by atoms with Crippen LogP contribution in [0.4, 0.5) is 10.1 Å². The third-order valence-corrected chi connectivity index (χ3v) is 6.79. The van der Waals surface area contributed by atoms with Crippen molar-refractivity contribution in [2.45, 2.75) is 44.7 Å². The molecule has 0 unspecified atom stereocenters. The molecule has 0 aliphatic heterocycles. The molecule has 1 aliphatic rings. The fourth-order valence-corrected chi connectivity index (χ4v) is 5.20. The minimum Gasteiger partial charge on any atom is -0.496 e. The van der Waals surface area contributed by atoms with E-state index in [4.69, 9.17) is 9.72 Å². The molecule has 30 heavy (non-hydrogen) atoms. The Morgan fingerprint density at radius 3 is 2.73 bits per heavy atom. The number of aromatic nitrogens is 2. The number of anilines is 1. The van der Waals surface area contributed by atoms with Crippen molar-refractivity contribution in [3.8, 4) is 5.75 Å². The summed E-state index contributed by atoms with van der Waals surface area (Å²) in [6.45, 7) is 0.693. The number of nitrogens with zero attached hydrogens (tertiary/aromatic N) is 3. The van der Waals surface area contributed by atoms with E-state index in [1.54, 1.807) is 24.5 Å². The largest absolute Gasteiger partial charge is 0.496 e. The predicted octanol–water partition coefficient (Wildman–Crippen LogP) is 6.33. The van der Waals surface area contributed by atoms with Gasteiger partial charge in [0, 0.05) is 23.2 Å². The number of fused-ring (bicyclic) bond motifs is 2. The number of halogens is 1. The minimum atomic E-state index is -0.281. The Hall–Kier alpha value is -2.73. The molecule has 0 atom stereocenters. The highest BCUT2D eigenvalue weighted by Crippen LogP contribution is 2.33. The number of rotatable bonds is 5. The first-order valence-corrected chi connectivity index (χ1v) is 11.3. The van der Waals surface area contributed by atoms with Crippen molar-refractivity contribution >= 4 is 38.1 Å². The number of pyridine rings is 1. The molecule has 0 amide bonds. The first-order chi connectivity index (χ1) is 14.7. The monoisotopic (exact) mass is 421 g/mol. The quantitative estimate of drug-likeness (QED) is 0.377. The van der Waals surface area contributed by atoms with Crippen molar-refractivity contribution in [3.05, 3.63) is 59.5 Å². The average Bonchev–Trinajstić information content (AvgIpc) is 3.25. The second-order valence-corrected chi connectivity index (χ2v) is 8.79. The molecule has 6 heteroatoms. The van der Waals surface area contributed by atoms with Crippen LogP contribution < -0.4 is 9.64 Å². The van der Waals surface area contributed by atoms with Crippen LogP contribution >= 0.6 is 11.3 Å². The summed E-state index contributed by atoms with van der Waals surface area (Å²) >= 11 is 1.67. The normalized spacial score (nSPS) is 15.0. The van der Waals surface area contributed by atoms with Crippen molar-refractivity contribution in [2.24, 2.45) is 0 Å². The molecule has 0 bridgehead atoms. The van der Waals surface area contributed by atoms with E-state index in [1.165, 1.54) is 54.6 Å². The van der Waals surface area contributed by atoms with Crippen molar-refractivity contribution in [1.29, 1.82) is 0 Å². The van der Waals surface area contributed by atoms with Gasteiger partial charge < -0.3 is 9.64 Å². The number of ether oxygens (including phenoxy) is 1. The fourth-order valence-electron chi connectivity index (χ4n) is 4.49. The maximum Gasteiger partial charge on any atom is 0.130 e. The van der Waals surface area contributed by atoms with Crippen LogP contribution in [-0.4, -0.2) is 23.1 Å². The molecule has 4 aromatic rings. The average molecular weight is 422 g/mol. The zero-order valence-corrected chi connectivity index (χ0v) is 17.8. The molecule has 5 rings (SSSR count). The van der Waals surface area contributed by atoms with Gasteiger partial charge in [0.1, 0.15) is 11.6 Å². The maximum absolute atomic E-state index is 13.7. The lowest BCUT2D eigenvalue weighted by Crippen LogP contribution is -2.36.